The van der Waals surface area contributed by atoms with Crippen molar-refractivity contribution in [1.82, 2.24) is 0 Å². The summed E-state index contributed by atoms with van der Waals surface area (Å²) in [5, 5.41) is 5.99. The molecule has 2 aromatic carbocycles. The summed E-state index contributed by atoms with van der Waals surface area (Å²) in [6, 6.07) is 15.7. The van der Waals surface area contributed by atoms with Crippen molar-refractivity contribution in [3.05, 3.63) is 59.7 Å². The van der Waals surface area contributed by atoms with Gasteiger partial charge in [-0.2, -0.15) is 0 Å². The maximum atomic E-state index is 11.8. The van der Waals surface area contributed by atoms with Crippen LogP contribution >= 0.6 is 0 Å². The molecule has 3 nitrogen and oxygen atoms in total. The third-order valence-corrected chi connectivity index (χ3v) is 2.88. The van der Waals surface area contributed by atoms with E-state index in [0.29, 0.717) is 0 Å². The summed E-state index contributed by atoms with van der Waals surface area (Å²) < 4.78 is 0. The Labute approximate surface area is 113 Å². The van der Waals surface area contributed by atoms with Gasteiger partial charge in [-0.3, -0.25) is 4.79 Å². The van der Waals surface area contributed by atoms with Gasteiger partial charge in [-0.25, -0.2) is 0 Å². The molecule has 0 radical (unpaired) electrons. The highest BCUT2D eigenvalue weighted by Gasteiger charge is 2.04. The lowest BCUT2D eigenvalue weighted by molar-refractivity contribution is -0.114. The standard InChI is InChI=1S/C16H18N2O/c1-12-8-9-15(13(2)10-12)18-16(19)11-17-14-6-4-3-5-7-14/h3-10,17H,11H2,1-2H3,(H,18,19). The van der Waals surface area contributed by atoms with Gasteiger partial charge in [0.1, 0.15) is 0 Å². The molecule has 0 bridgehead atoms. The maximum absolute atomic E-state index is 11.8. The fraction of sp³-hybridized carbons (Fsp3) is 0.188. The third-order valence-electron chi connectivity index (χ3n) is 2.88. The third kappa shape index (κ3) is 3.85. The van der Waals surface area contributed by atoms with Gasteiger partial charge in [0, 0.05) is 11.4 Å². The minimum Gasteiger partial charge on any atom is -0.376 e. The Bertz CT molecular complexity index is 564. The molecule has 0 aliphatic carbocycles. The van der Waals surface area contributed by atoms with Crippen molar-refractivity contribution in [1.29, 1.82) is 0 Å². The Morgan fingerprint density at radius 1 is 1.05 bits per heavy atom. The van der Waals surface area contributed by atoms with E-state index in [1.54, 1.807) is 0 Å². The summed E-state index contributed by atoms with van der Waals surface area (Å²) in [6.07, 6.45) is 0. The van der Waals surface area contributed by atoms with Gasteiger partial charge >= 0.3 is 0 Å². The summed E-state index contributed by atoms with van der Waals surface area (Å²) in [5.74, 6) is -0.0455. The molecule has 0 unspecified atom stereocenters. The Hall–Kier alpha value is -2.29. The summed E-state index contributed by atoms with van der Waals surface area (Å²) >= 11 is 0. The van der Waals surface area contributed by atoms with Crippen molar-refractivity contribution in [2.75, 3.05) is 17.2 Å². The van der Waals surface area contributed by atoms with Crippen LogP contribution in [-0.4, -0.2) is 12.5 Å². The van der Waals surface area contributed by atoms with E-state index < -0.39 is 0 Å². The van der Waals surface area contributed by atoms with E-state index in [-0.39, 0.29) is 12.5 Å². The molecule has 0 spiro atoms. The SMILES string of the molecule is Cc1ccc(NC(=O)CNc2ccccc2)c(C)c1. The molecular weight excluding hydrogens is 236 g/mol. The average Bonchev–Trinajstić information content (AvgIpc) is 2.41. The zero-order valence-electron chi connectivity index (χ0n) is 11.2. The molecule has 0 heterocycles. The Morgan fingerprint density at radius 2 is 1.79 bits per heavy atom. The van der Waals surface area contributed by atoms with Gasteiger partial charge in [0.2, 0.25) is 5.91 Å². The molecule has 0 aliphatic heterocycles. The summed E-state index contributed by atoms with van der Waals surface area (Å²) in [4.78, 5) is 11.8. The van der Waals surface area contributed by atoms with Crippen LogP contribution in [-0.2, 0) is 4.79 Å². The fourth-order valence-corrected chi connectivity index (χ4v) is 1.89. The van der Waals surface area contributed by atoms with Crippen molar-refractivity contribution in [2.45, 2.75) is 13.8 Å². The largest absolute Gasteiger partial charge is 0.376 e. The summed E-state index contributed by atoms with van der Waals surface area (Å²) in [6.45, 7) is 4.29. The van der Waals surface area contributed by atoms with Gasteiger partial charge in [-0.1, -0.05) is 35.9 Å². The number of hydrogen-bond acceptors (Lipinski definition) is 2. The van der Waals surface area contributed by atoms with Crippen LogP contribution in [0.2, 0.25) is 0 Å². The fourth-order valence-electron chi connectivity index (χ4n) is 1.89. The van der Waals surface area contributed by atoms with Gasteiger partial charge in [0.15, 0.2) is 0 Å². The van der Waals surface area contributed by atoms with Crippen LogP contribution in [0.1, 0.15) is 11.1 Å². The molecule has 2 rings (SSSR count). The minimum atomic E-state index is -0.0455. The first-order chi connectivity index (χ1) is 9.15. The number of aryl methyl sites for hydroxylation is 2. The van der Waals surface area contributed by atoms with Crippen LogP contribution in [0.3, 0.4) is 0 Å². The lowest BCUT2D eigenvalue weighted by Crippen LogP contribution is -2.22. The van der Waals surface area contributed by atoms with Gasteiger partial charge in [0.25, 0.3) is 0 Å². The zero-order valence-corrected chi connectivity index (χ0v) is 11.2. The minimum absolute atomic E-state index is 0.0455. The van der Waals surface area contributed by atoms with Crippen molar-refractivity contribution >= 4 is 17.3 Å². The lowest BCUT2D eigenvalue weighted by Gasteiger charge is -2.10. The number of carbonyl (C=O) groups is 1. The first-order valence-corrected chi connectivity index (χ1v) is 6.31. The zero-order chi connectivity index (χ0) is 13.7. The second-order valence-corrected chi connectivity index (χ2v) is 4.59. The molecule has 1 amide bonds. The Kier molecular flexibility index (Phi) is 4.18. The second-order valence-electron chi connectivity index (χ2n) is 4.59. The number of anilines is 2. The monoisotopic (exact) mass is 254 g/mol. The van der Waals surface area contributed by atoms with Gasteiger partial charge < -0.3 is 10.6 Å². The van der Waals surface area contributed by atoms with Gasteiger partial charge in [0.05, 0.1) is 6.54 Å². The smallest absolute Gasteiger partial charge is 0.243 e. The van der Waals surface area contributed by atoms with E-state index in [1.165, 1.54) is 5.56 Å². The van der Waals surface area contributed by atoms with Crippen LogP contribution in [0.4, 0.5) is 11.4 Å². The number of amides is 1. The lowest BCUT2D eigenvalue weighted by atomic mass is 10.1. The van der Waals surface area contributed by atoms with E-state index in [1.807, 2.05) is 56.3 Å². The second kappa shape index (κ2) is 6.05. The highest BCUT2D eigenvalue weighted by Crippen LogP contribution is 2.15. The predicted octanol–water partition coefficient (Wildman–Crippen LogP) is 3.35. The van der Waals surface area contributed by atoms with Crippen LogP contribution < -0.4 is 10.6 Å². The molecule has 98 valence electrons. The topological polar surface area (TPSA) is 41.1 Å². The highest BCUT2D eigenvalue weighted by molar-refractivity contribution is 5.94. The van der Waals surface area contributed by atoms with Crippen molar-refractivity contribution in [3.8, 4) is 0 Å². The van der Waals surface area contributed by atoms with Crippen LogP contribution in [0.15, 0.2) is 48.5 Å². The summed E-state index contributed by atoms with van der Waals surface area (Å²) in [5.41, 5.74) is 4.08. The summed E-state index contributed by atoms with van der Waals surface area (Å²) in [7, 11) is 0. The van der Waals surface area contributed by atoms with Gasteiger partial charge in [-0.15, -0.1) is 0 Å². The molecule has 2 aromatic rings. The van der Waals surface area contributed by atoms with E-state index in [0.717, 1.165) is 16.9 Å². The number of rotatable bonds is 4. The molecule has 3 heteroatoms. The number of hydrogen-bond donors (Lipinski definition) is 2. The van der Waals surface area contributed by atoms with Crippen molar-refractivity contribution < 1.29 is 4.79 Å². The van der Waals surface area contributed by atoms with Crippen molar-refractivity contribution in [3.63, 3.8) is 0 Å². The van der Waals surface area contributed by atoms with Crippen LogP contribution in [0.25, 0.3) is 0 Å². The average molecular weight is 254 g/mol. The molecule has 0 fully saturated rings. The number of carbonyl (C=O) groups excluding carboxylic acids is 1. The molecule has 19 heavy (non-hydrogen) atoms. The Balaban J connectivity index is 1.91. The van der Waals surface area contributed by atoms with E-state index in [2.05, 4.69) is 16.7 Å². The molecule has 0 saturated carbocycles. The van der Waals surface area contributed by atoms with Crippen molar-refractivity contribution in [2.24, 2.45) is 0 Å². The van der Waals surface area contributed by atoms with Crippen LogP contribution in [0.5, 0.6) is 0 Å². The number of nitrogens with one attached hydrogen (secondary N) is 2. The Morgan fingerprint density at radius 3 is 2.47 bits per heavy atom. The quantitative estimate of drug-likeness (QED) is 0.878. The van der Waals surface area contributed by atoms with E-state index in [9.17, 15) is 4.79 Å². The van der Waals surface area contributed by atoms with E-state index in [4.69, 9.17) is 0 Å². The first kappa shape index (κ1) is 13.1. The highest BCUT2D eigenvalue weighted by atomic mass is 16.1. The van der Waals surface area contributed by atoms with Crippen LogP contribution in [0, 0.1) is 13.8 Å². The first-order valence-electron chi connectivity index (χ1n) is 6.31. The molecule has 0 aromatic heterocycles. The molecular formula is C16H18N2O. The maximum Gasteiger partial charge on any atom is 0.243 e. The molecule has 0 atom stereocenters. The van der Waals surface area contributed by atoms with Gasteiger partial charge in [-0.05, 0) is 37.6 Å². The number of benzene rings is 2. The predicted molar refractivity (Wildman–Crippen MR) is 79.5 cm³/mol. The molecule has 2 N–H and O–H groups in total. The molecule has 0 saturated heterocycles. The van der Waals surface area contributed by atoms with E-state index >= 15 is 0 Å². The molecule has 0 aliphatic rings. The normalized spacial score (nSPS) is 10.0. The number of para-hydroxylation sites is 1.